The van der Waals surface area contributed by atoms with Gasteiger partial charge < -0.3 is 10.6 Å². The van der Waals surface area contributed by atoms with Crippen molar-refractivity contribution >= 4 is 56.4 Å². The maximum Gasteiger partial charge on any atom is 0.255 e. The van der Waals surface area contributed by atoms with Gasteiger partial charge in [-0.2, -0.15) is 5.26 Å². The highest BCUT2D eigenvalue weighted by molar-refractivity contribution is 8.00. The van der Waals surface area contributed by atoms with Crippen LogP contribution in [0.1, 0.15) is 57.6 Å². The third kappa shape index (κ3) is 6.36. The van der Waals surface area contributed by atoms with Gasteiger partial charge in [0.1, 0.15) is 11.1 Å². The largest absolute Gasteiger partial charge is 0.322 e. The summed E-state index contributed by atoms with van der Waals surface area (Å²) < 4.78 is 0. The lowest BCUT2D eigenvalue weighted by atomic mass is 9.83. The standard InChI is InChI=1S/C36H31N3O2S2/c1-2-32(35(41)39-36-31(22-37)30-18-17-26(20-33(30)43-36)23-9-4-3-5-10-23)42-29-14-8-13-28(21-29)38-34(40)27-16-15-24-11-6-7-12-25(24)19-27/h3-16,19,21,26,32H,2,17-18,20H2,1H3,(H,38,40)(H,39,41). The van der Waals surface area contributed by atoms with Crippen molar-refractivity contribution in [2.24, 2.45) is 0 Å². The molecule has 4 aromatic carbocycles. The Labute approximate surface area is 260 Å². The van der Waals surface area contributed by atoms with E-state index in [0.29, 0.717) is 34.2 Å². The number of thioether (sulfide) groups is 1. The van der Waals surface area contributed by atoms with Crippen LogP contribution >= 0.6 is 23.1 Å². The fourth-order valence-corrected chi connectivity index (χ4v) is 7.96. The normalized spacial score (nSPS) is 14.8. The number of nitrogens with one attached hydrogen (secondary N) is 2. The van der Waals surface area contributed by atoms with Crippen molar-refractivity contribution in [3.05, 3.63) is 124 Å². The summed E-state index contributed by atoms with van der Waals surface area (Å²) in [5.74, 6) is 0.126. The van der Waals surface area contributed by atoms with Crippen LogP contribution in [0.25, 0.3) is 10.8 Å². The molecule has 0 spiro atoms. The summed E-state index contributed by atoms with van der Waals surface area (Å²) in [6.45, 7) is 1.98. The molecule has 5 aromatic rings. The number of hydrogen-bond donors (Lipinski definition) is 2. The van der Waals surface area contributed by atoms with Gasteiger partial charge in [0.2, 0.25) is 5.91 Å². The highest BCUT2D eigenvalue weighted by atomic mass is 32.2. The summed E-state index contributed by atoms with van der Waals surface area (Å²) in [4.78, 5) is 28.5. The molecule has 2 atom stereocenters. The molecule has 1 aliphatic rings. The molecule has 6 rings (SSSR count). The molecule has 2 N–H and O–H groups in total. The quantitative estimate of drug-likeness (QED) is 0.174. The molecular weight excluding hydrogens is 571 g/mol. The van der Waals surface area contributed by atoms with Crippen molar-refractivity contribution in [1.82, 2.24) is 0 Å². The Morgan fingerprint density at radius 1 is 0.953 bits per heavy atom. The van der Waals surface area contributed by atoms with E-state index in [0.717, 1.165) is 40.5 Å². The first kappa shape index (κ1) is 28.7. The molecule has 43 heavy (non-hydrogen) atoms. The van der Waals surface area contributed by atoms with Crippen LogP contribution in [-0.4, -0.2) is 17.1 Å². The average molecular weight is 602 g/mol. The fourth-order valence-electron chi connectivity index (χ4n) is 5.66. The Morgan fingerprint density at radius 3 is 2.53 bits per heavy atom. The van der Waals surface area contributed by atoms with E-state index in [9.17, 15) is 14.9 Å². The lowest BCUT2D eigenvalue weighted by Gasteiger charge is -2.22. The van der Waals surface area contributed by atoms with Gasteiger partial charge in [-0.05, 0) is 83.8 Å². The number of anilines is 2. The van der Waals surface area contributed by atoms with E-state index < -0.39 is 0 Å². The van der Waals surface area contributed by atoms with Crippen LogP contribution in [0, 0.1) is 11.3 Å². The summed E-state index contributed by atoms with van der Waals surface area (Å²) in [7, 11) is 0. The van der Waals surface area contributed by atoms with Crippen molar-refractivity contribution in [2.75, 3.05) is 10.6 Å². The number of nitriles is 1. The first-order chi connectivity index (χ1) is 21.0. The minimum Gasteiger partial charge on any atom is -0.322 e. The summed E-state index contributed by atoms with van der Waals surface area (Å²) in [6.07, 6.45) is 3.34. The molecule has 0 radical (unpaired) electrons. The zero-order valence-electron chi connectivity index (χ0n) is 23.8. The van der Waals surface area contributed by atoms with Gasteiger partial charge in [0.05, 0.1) is 10.8 Å². The van der Waals surface area contributed by atoms with Crippen molar-refractivity contribution in [3.63, 3.8) is 0 Å². The van der Waals surface area contributed by atoms with Crippen molar-refractivity contribution < 1.29 is 9.59 Å². The molecule has 0 aliphatic heterocycles. The van der Waals surface area contributed by atoms with E-state index in [4.69, 9.17) is 0 Å². The summed E-state index contributed by atoms with van der Waals surface area (Å²) in [5.41, 5.74) is 4.28. The van der Waals surface area contributed by atoms with E-state index in [1.807, 2.05) is 79.7 Å². The maximum absolute atomic E-state index is 13.5. The highest BCUT2D eigenvalue weighted by Crippen LogP contribution is 2.42. The summed E-state index contributed by atoms with van der Waals surface area (Å²) in [5, 5.41) is 18.5. The van der Waals surface area contributed by atoms with Gasteiger partial charge in [0.15, 0.2) is 0 Å². The molecule has 1 aliphatic carbocycles. The number of benzene rings is 4. The zero-order chi connectivity index (χ0) is 29.8. The molecule has 5 nitrogen and oxygen atoms in total. The first-order valence-corrected chi connectivity index (χ1v) is 16.2. The van der Waals surface area contributed by atoms with Crippen LogP contribution < -0.4 is 10.6 Å². The number of hydrogen-bond acceptors (Lipinski definition) is 5. The number of amides is 2. The molecule has 7 heteroatoms. The Morgan fingerprint density at radius 2 is 1.74 bits per heavy atom. The minimum atomic E-state index is -0.353. The second kappa shape index (κ2) is 12.9. The number of carbonyl (C=O) groups is 2. The van der Waals surface area contributed by atoms with Crippen molar-refractivity contribution in [2.45, 2.75) is 48.7 Å². The fraction of sp³-hybridized carbons (Fsp3) is 0.194. The Hall–Kier alpha value is -4.38. The molecule has 1 heterocycles. The molecule has 1 aromatic heterocycles. The van der Waals surface area contributed by atoms with Crippen LogP contribution in [0.4, 0.5) is 10.7 Å². The monoisotopic (exact) mass is 601 g/mol. The lowest BCUT2D eigenvalue weighted by Crippen LogP contribution is -2.24. The molecule has 0 fully saturated rings. The SMILES string of the molecule is CCC(Sc1cccc(NC(=O)c2ccc3ccccc3c2)c1)C(=O)Nc1sc2c(c1C#N)CCC(c1ccccc1)C2. The van der Waals surface area contributed by atoms with Gasteiger partial charge >= 0.3 is 0 Å². The van der Waals surface area contributed by atoms with E-state index >= 15 is 0 Å². The van der Waals surface area contributed by atoms with Gasteiger partial charge in [-0.15, -0.1) is 23.1 Å². The molecule has 2 unspecified atom stereocenters. The van der Waals surface area contributed by atoms with Crippen LogP contribution in [0.15, 0.2) is 102 Å². The van der Waals surface area contributed by atoms with E-state index in [2.05, 4.69) is 41.0 Å². The third-order valence-electron chi connectivity index (χ3n) is 7.93. The van der Waals surface area contributed by atoms with E-state index in [-0.39, 0.29) is 17.1 Å². The predicted octanol–water partition coefficient (Wildman–Crippen LogP) is 8.81. The van der Waals surface area contributed by atoms with Gasteiger partial charge in [-0.3, -0.25) is 9.59 Å². The minimum absolute atomic E-state index is 0.118. The lowest BCUT2D eigenvalue weighted by molar-refractivity contribution is -0.115. The van der Waals surface area contributed by atoms with E-state index in [1.165, 1.54) is 22.2 Å². The van der Waals surface area contributed by atoms with Crippen LogP contribution in [-0.2, 0) is 17.6 Å². The highest BCUT2D eigenvalue weighted by Gasteiger charge is 2.28. The number of carbonyl (C=O) groups excluding carboxylic acids is 2. The predicted molar refractivity (Wildman–Crippen MR) is 177 cm³/mol. The van der Waals surface area contributed by atoms with Crippen LogP contribution in [0.5, 0.6) is 0 Å². The smallest absolute Gasteiger partial charge is 0.255 e. The zero-order valence-corrected chi connectivity index (χ0v) is 25.4. The number of nitrogens with zero attached hydrogens (tertiary/aromatic N) is 1. The van der Waals surface area contributed by atoms with Gasteiger partial charge in [-0.25, -0.2) is 0 Å². The molecular formula is C36H31N3O2S2. The average Bonchev–Trinajstić information content (AvgIpc) is 3.39. The van der Waals surface area contributed by atoms with Crippen molar-refractivity contribution in [3.8, 4) is 6.07 Å². The van der Waals surface area contributed by atoms with Gasteiger partial charge in [0, 0.05) is 21.0 Å². The van der Waals surface area contributed by atoms with Gasteiger partial charge in [-0.1, -0.05) is 73.7 Å². The summed E-state index contributed by atoms with van der Waals surface area (Å²) in [6, 6.07) is 34.1. The molecule has 214 valence electrons. The van der Waals surface area contributed by atoms with Crippen LogP contribution in [0.3, 0.4) is 0 Å². The van der Waals surface area contributed by atoms with Gasteiger partial charge in [0.25, 0.3) is 5.91 Å². The molecule has 0 saturated heterocycles. The number of rotatable bonds is 8. The molecule has 2 amide bonds. The summed E-state index contributed by atoms with van der Waals surface area (Å²) >= 11 is 3.00. The second-order valence-corrected chi connectivity index (χ2v) is 13.1. The maximum atomic E-state index is 13.5. The Balaban J connectivity index is 1.13. The number of thiophene rings is 1. The second-order valence-electron chi connectivity index (χ2n) is 10.7. The topological polar surface area (TPSA) is 82.0 Å². The number of fused-ring (bicyclic) bond motifs is 2. The third-order valence-corrected chi connectivity index (χ3v) is 10.5. The Kier molecular flexibility index (Phi) is 8.59. The Bertz CT molecular complexity index is 1840. The van der Waals surface area contributed by atoms with Crippen LogP contribution in [0.2, 0.25) is 0 Å². The van der Waals surface area contributed by atoms with Crippen molar-refractivity contribution in [1.29, 1.82) is 5.26 Å². The van der Waals surface area contributed by atoms with E-state index in [1.54, 1.807) is 11.3 Å². The molecule has 0 saturated carbocycles. The molecule has 0 bridgehead atoms. The first-order valence-electron chi connectivity index (χ1n) is 14.5.